The minimum absolute atomic E-state index is 0.0354. The molecular formula is C24H25N5O3. The Hall–Kier alpha value is -3.81. The number of nitrogens with one attached hydrogen (secondary N) is 1. The van der Waals surface area contributed by atoms with Gasteiger partial charge in [0.1, 0.15) is 5.82 Å². The summed E-state index contributed by atoms with van der Waals surface area (Å²) in [6.07, 6.45) is 5.26. The molecule has 4 aromatic rings. The highest BCUT2D eigenvalue weighted by molar-refractivity contribution is 5.98. The molecule has 0 saturated carbocycles. The number of amides is 1. The molecule has 8 nitrogen and oxygen atoms in total. The van der Waals surface area contributed by atoms with Gasteiger partial charge in [0.2, 0.25) is 0 Å². The van der Waals surface area contributed by atoms with Crippen molar-refractivity contribution in [3.05, 3.63) is 66.2 Å². The number of imidazole rings is 1. The van der Waals surface area contributed by atoms with Gasteiger partial charge in [-0.1, -0.05) is 12.1 Å². The van der Waals surface area contributed by atoms with Gasteiger partial charge in [-0.2, -0.15) is 5.10 Å². The number of nitrogens with zero attached hydrogens (tertiary/aromatic N) is 4. The number of hydrogen-bond donors (Lipinski definition) is 1. The maximum absolute atomic E-state index is 13.8. The first kappa shape index (κ1) is 20.1. The molecule has 1 fully saturated rings. The van der Waals surface area contributed by atoms with E-state index in [-0.39, 0.29) is 5.91 Å². The molecule has 1 atom stereocenters. The topological polar surface area (TPSA) is 85.3 Å². The van der Waals surface area contributed by atoms with E-state index in [0.29, 0.717) is 23.6 Å². The van der Waals surface area contributed by atoms with Crippen LogP contribution in [0.5, 0.6) is 11.5 Å². The molecule has 0 unspecified atom stereocenters. The number of para-hydroxylation sites is 1. The van der Waals surface area contributed by atoms with Crippen LogP contribution in [0.3, 0.4) is 0 Å². The summed E-state index contributed by atoms with van der Waals surface area (Å²) in [5.41, 5.74) is 2.43. The number of methoxy groups -OCH3 is 2. The molecule has 1 saturated heterocycles. The van der Waals surface area contributed by atoms with Crippen molar-refractivity contribution >= 4 is 16.9 Å². The second-order valence-corrected chi connectivity index (χ2v) is 8.11. The van der Waals surface area contributed by atoms with Gasteiger partial charge >= 0.3 is 0 Å². The predicted octanol–water partition coefficient (Wildman–Crippen LogP) is 3.92. The number of hydrogen-bond acceptors (Lipinski definition) is 5. The van der Waals surface area contributed by atoms with E-state index in [1.54, 1.807) is 25.1 Å². The van der Waals surface area contributed by atoms with Crippen molar-refractivity contribution in [3.63, 3.8) is 0 Å². The highest BCUT2D eigenvalue weighted by Crippen LogP contribution is 2.40. The molecule has 0 aliphatic carbocycles. The lowest BCUT2D eigenvalue weighted by Gasteiger charge is -2.34. The van der Waals surface area contributed by atoms with Gasteiger partial charge in [0.15, 0.2) is 11.5 Å². The molecular weight excluding hydrogens is 406 g/mol. The van der Waals surface area contributed by atoms with E-state index < -0.39 is 5.54 Å². The molecule has 2 aromatic carbocycles. The Morgan fingerprint density at radius 2 is 1.91 bits per heavy atom. The quantitative estimate of drug-likeness (QED) is 0.518. The summed E-state index contributed by atoms with van der Waals surface area (Å²) in [6.45, 7) is 2.73. The fourth-order valence-electron chi connectivity index (χ4n) is 4.54. The van der Waals surface area contributed by atoms with Crippen molar-refractivity contribution in [2.24, 2.45) is 0 Å². The molecule has 1 N–H and O–H groups in total. The Morgan fingerprint density at radius 3 is 2.66 bits per heavy atom. The standard InChI is InChI=1S/C24H25N5O3/c1-24(23-26-17-14-20(31-2)21(32-3)15-18(17)27-23)10-6-12-28(24)22(30)16-8-4-5-9-19(16)29-13-7-11-25-29/h4-5,7-9,11,13-15H,6,10,12H2,1-3H3,(H,26,27)/t24-/m0/s1. The summed E-state index contributed by atoms with van der Waals surface area (Å²) in [4.78, 5) is 24.0. The van der Waals surface area contributed by atoms with E-state index in [0.717, 1.165) is 35.4 Å². The van der Waals surface area contributed by atoms with Gasteiger partial charge in [-0.15, -0.1) is 0 Å². The third kappa shape index (κ3) is 3.10. The number of likely N-dealkylation sites (tertiary alicyclic amines) is 1. The summed E-state index contributed by atoms with van der Waals surface area (Å²) >= 11 is 0. The van der Waals surface area contributed by atoms with Crippen LogP contribution in [0.15, 0.2) is 54.9 Å². The monoisotopic (exact) mass is 431 g/mol. The number of aromatic nitrogens is 4. The number of H-pyrrole nitrogens is 1. The van der Waals surface area contributed by atoms with Crippen LogP contribution in [-0.2, 0) is 5.54 Å². The SMILES string of the molecule is COc1cc2nc([C@]3(C)CCCN3C(=O)c3ccccc3-n3cccn3)[nH]c2cc1OC. The lowest BCUT2D eigenvalue weighted by atomic mass is 9.97. The molecule has 1 aliphatic heterocycles. The molecule has 8 heteroatoms. The van der Waals surface area contributed by atoms with E-state index in [2.05, 4.69) is 17.0 Å². The summed E-state index contributed by atoms with van der Waals surface area (Å²) in [7, 11) is 3.21. The predicted molar refractivity (Wildman–Crippen MR) is 120 cm³/mol. The number of ether oxygens (including phenoxy) is 2. The number of fused-ring (bicyclic) bond motifs is 1. The van der Waals surface area contributed by atoms with E-state index in [9.17, 15) is 4.79 Å². The lowest BCUT2D eigenvalue weighted by molar-refractivity contribution is 0.0606. The summed E-state index contributed by atoms with van der Waals surface area (Å²) in [5, 5.41) is 4.32. The van der Waals surface area contributed by atoms with Crippen LogP contribution in [0.4, 0.5) is 0 Å². The molecule has 1 amide bonds. The molecule has 2 aromatic heterocycles. The number of carbonyl (C=O) groups excluding carboxylic acids is 1. The molecule has 32 heavy (non-hydrogen) atoms. The van der Waals surface area contributed by atoms with Gasteiger partial charge in [-0.25, -0.2) is 9.67 Å². The van der Waals surface area contributed by atoms with Crippen molar-refractivity contribution in [2.45, 2.75) is 25.3 Å². The van der Waals surface area contributed by atoms with Crippen LogP contribution in [0.25, 0.3) is 16.7 Å². The Kier molecular flexibility index (Phi) is 4.84. The van der Waals surface area contributed by atoms with Gasteiger partial charge in [-0.05, 0) is 38.0 Å². The molecule has 5 rings (SSSR count). The molecule has 164 valence electrons. The Bertz CT molecular complexity index is 1240. The number of benzene rings is 2. The zero-order chi connectivity index (χ0) is 22.3. The molecule has 0 radical (unpaired) electrons. The fourth-order valence-corrected chi connectivity index (χ4v) is 4.54. The van der Waals surface area contributed by atoms with Crippen LogP contribution in [0.2, 0.25) is 0 Å². The maximum atomic E-state index is 13.8. The van der Waals surface area contributed by atoms with Crippen molar-refractivity contribution < 1.29 is 14.3 Å². The highest BCUT2D eigenvalue weighted by Gasteiger charge is 2.44. The molecule has 0 spiro atoms. The summed E-state index contributed by atoms with van der Waals surface area (Å²) in [5.74, 6) is 1.97. The fraction of sp³-hybridized carbons (Fsp3) is 0.292. The van der Waals surface area contributed by atoms with E-state index >= 15 is 0 Å². The number of rotatable bonds is 5. The van der Waals surface area contributed by atoms with Gasteiger partial charge in [0.25, 0.3) is 5.91 Å². The smallest absolute Gasteiger partial charge is 0.256 e. The van der Waals surface area contributed by atoms with Crippen molar-refractivity contribution in [3.8, 4) is 17.2 Å². The van der Waals surface area contributed by atoms with Gasteiger partial charge in [-0.3, -0.25) is 4.79 Å². The third-order valence-electron chi connectivity index (χ3n) is 6.27. The highest BCUT2D eigenvalue weighted by atomic mass is 16.5. The van der Waals surface area contributed by atoms with E-state index in [1.807, 2.05) is 53.6 Å². The zero-order valence-corrected chi connectivity index (χ0v) is 18.3. The minimum Gasteiger partial charge on any atom is -0.493 e. The second kappa shape index (κ2) is 7.71. The average molecular weight is 431 g/mol. The van der Waals surface area contributed by atoms with Crippen LogP contribution in [0.1, 0.15) is 35.9 Å². The van der Waals surface area contributed by atoms with Crippen molar-refractivity contribution in [1.82, 2.24) is 24.6 Å². The molecule has 1 aliphatic rings. The third-order valence-corrected chi connectivity index (χ3v) is 6.27. The van der Waals surface area contributed by atoms with Gasteiger partial charge in [0.05, 0.1) is 42.0 Å². The van der Waals surface area contributed by atoms with Crippen LogP contribution >= 0.6 is 0 Å². The Labute approximate surface area is 185 Å². The van der Waals surface area contributed by atoms with Crippen LogP contribution in [-0.4, -0.2) is 51.3 Å². The van der Waals surface area contributed by atoms with E-state index in [4.69, 9.17) is 14.5 Å². The average Bonchev–Trinajstić information content (AvgIpc) is 3.57. The van der Waals surface area contributed by atoms with Crippen molar-refractivity contribution in [2.75, 3.05) is 20.8 Å². The first-order chi connectivity index (χ1) is 15.5. The largest absolute Gasteiger partial charge is 0.493 e. The van der Waals surface area contributed by atoms with Gasteiger partial charge in [0, 0.05) is 31.1 Å². The minimum atomic E-state index is -0.562. The Morgan fingerprint density at radius 1 is 1.12 bits per heavy atom. The van der Waals surface area contributed by atoms with Crippen molar-refractivity contribution in [1.29, 1.82) is 0 Å². The first-order valence-corrected chi connectivity index (χ1v) is 10.6. The maximum Gasteiger partial charge on any atom is 0.256 e. The van der Waals surface area contributed by atoms with Crippen LogP contribution < -0.4 is 9.47 Å². The van der Waals surface area contributed by atoms with E-state index in [1.165, 1.54) is 0 Å². The zero-order valence-electron chi connectivity index (χ0n) is 18.3. The number of aromatic amines is 1. The van der Waals surface area contributed by atoms with Gasteiger partial charge < -0.3 is 19.4 Å². The number of carbonyl (C=O) groups is 1. The summed E-state index contributed by atoms with van der Waals surface area (Å²) in [6, 6.07) is 13.1. The molecule has 0 bridgehead atoms. The first-order valence-electron chi connectivity index (χ1n) is 10.6. The Balaban J connectivity index is 1.55. The normalized spacial score (nSPS) is 18.3. The molecule has 3 heterocycles. The lowest BCUT2D eigenvalue weighted by Crippen LogP contribution is -2.44. The second-order valence-electron chi connectivity index (χ2n) is 8.11. The van der Waals surface area contributed by atoms with Crippen LogP contribution in [0, 0.1) is 0 Å². The summed E-state index contributed by atoms with van der Waals surface area (Å²) < 4.78 is 12.6.